The summed E-state index contributed by atoms with van der Waals surface area (Å²) in [5.41, 5.74) is 2.67. The molecule has 0 bridgehead atoms. The Hall–Kier alpha value is -1.99. The zero-order valence-electron chi connectivity index (χ0n) is 12.5. The van der Waals surface area contributed by atoms with Gasteiger partial charge in [0, 0.05) is 49.5 Å². The number of thiophene rings is 1. The van der Waals surface area contributed by atoms with Crippen molar-refractivity contribution in [2.45, 2.75) is 6.54 Å². The van der Waals surface area contributed by atoms with Crippen LogP contribution >= 0.6 is 11.3 Å². The first-order chi connectivity index (χ1) is 10.7. The van der Waals surface area contributed by atoms with Gasteiger partial charge in [0.05, 0.1) is 17.9 Å². The molecule has 0 unspecified atom stereocenters. The summed E-state index contributed by atoms with van der Waals surface area (Å²) in [7, 11) is 2.07. The van der Waals surface area contributed by atoms with Gasteiger partial charge in [-0.1, -0.05) is 0 Å². The largest absolute Gasteiger partial charge is 0.332 e. The molecule has 2 aromatic heterocycles. The molecule has 6 nitrogen and oxygen atoms in total. The van der Waals surface area contributed by atoms with Crippen molar-refractivity contribution in [1.82, 2.24) is 25.1 Å². The van der Waals surface area contributed by atoms with Crippen molar-refractivity contribution in [2.24, 2.45) is 0 Å². The Kier molecular flexibility index (Phi) is 4.65. The highest BCUT2D eigenvalue weighted by molar-refractivity contribution is 7.08. The number of piperazine rings is 1. The Morgan fingerprint density at radius 2 is 2.05 bits per heavy atom. The number of hydrogen-bond acceptors (Lipinski definition) is 5. The fourth-order valence-electron chi connectivity index (χ4n) is 2.42. The summed E-state index contributed by atoms with van der Waals surface area (Å²) < 4.78 is 0. The van der Waals surface area contributed by atoms with Crippen molar-refractivity contribution in [2.75, 3.05) is 33.2 Å². The molecule has 3 rings (SSSR count). The molecule has 0 atom stereocenters. The molecule has 0 aliphatic carbocycles. The molecule has 1 fully saturated rings. The van der Waals surface area contributed by atoms with Crippen LogP contribution in [-0.4, -0.2) is 59.0 Å². The van der Waals surface area contributed by atoms with Crippen molar-refractivity contribution in [3.63, 3.8) is 0 Å². The molecular weight excluding hydrogens is 298 g/mol. The Bertz CT molecular complexity index is 623. The highest BCUT2D eigenvalue weighted by Gasteiger charge is 2.19. The zero-order chi connectivity index (χ0) is 15.4. The summed E-state index contributed by atoms with van der Waals surface area (Å²) in [4.78, 5) is 25.1. The van der Waals surface area contributed by atoms with Crippen molar-refractivity contribution in [3.8, 4) is 11.3 Å². The predicted molar refractivity (Wildman–Crippen MR) is 86.7 cm³/mol. The number of rotatable bonds is 3. The van der Waals surface area contributed by atoms with Gasteiger partial charge in [-0.15, -0.1) is 0 Å². The fraction of sp³-hybridized carbons (Fsp3) is 0.400. The van der Waals surface area contributed by atoms with Crippen molar-refractivity contribution in [1.29, 1.82) is 0 Å². The lowest BCUT2D eigenvalue weighted by Crippen LogP contribution is -2.50. The number of amides is 2. The van der Waals surface area contributed by atoms with Gasteiger partial charge < -0.3 is 15.1 Å². The maximum atomic E-state index is 12.2. The number of aromatic nitrogens is 2. The first-order valence-corrected chi connectivity index (χ1v) is 8.22. The van der Waals surface area contributed by atoms with E-state index in [-0.39, 0.29) is 6.03 Å². The molecule has 7 heteroatoms. The summed E-state index contributed by atoms with van der Waals surface area (Å²) in [6, 6.07) is 1.98. The summed E-state index contributed by atoms with van der Waals surface area (Å²) in [5, 5.41) is 7.00. The summed E-state index contributed by atoms with van der Waals surface area (Å²) in [6.07, 6.45) is 3.34. The molecule has 2 amide bonds. The molecule has 1 saturated heterocycles. The van der Waals surface area contributed by atoms with Gasteiger partial charge in [0.25, 0.3) is 0 Å². The fourth-order valence-corrected chi connectivity index (χ4v) is 3.06. The molecule has 3 heterocycles. The highest BCUT2D eigenvalue weighted by Crippen LogP contribution is 2.22. The standard InChI is InChI=1S/C15H19N5OS/c1-19-5-7-20(8-6-19)15(21)18-10-13-14(17-4-3-16-13)12-2-9-22-11-12/h2-4,9,11H,5-8,10H2,1H3,(H,18,21). The van der Waals surface area contributed by atoms with Crippen LogP contribution in [0.1, 0.15) is 5.69 Å². The van der Waals surface area contributed by atoms with Gasteiger partial charge in [-0.2, -0.15) is 11.3 Å². The Labute approximate surface area is 133 Å². The van der Waals surface area contributed by atoms with Gasteiger partial charge in [0.15, 0.2) is 0 Å². The lowest BCUT2D eigenvalue weighted by molar-refractivity contribution is 0.154. The van der Waals surface area contributed by atoms with Crippen molar-refractivity contribution >= 4 is 17.4 Å². The second kappa shape index (κ2) is 6.85. The Morgan fingerprint density at radius 3 is 2.77 bits per heavy atom. The molecule has 0 spiro atoms. The van der Waals surface area contributed by atoms with Gasteiger partial charge in [0.1, 0.15) is 0 Å². The van der Waals surface area contributed by atoms with E-state index in [1.165, 1.54) is 0 Å². The van der Waals surface area contributed by atoms with E-state index in [9.17, 15) is 4.79 Å². The highest BCUT2D eigenvalue weighted by atomic mass is 32.1. The normalized spacial score (nSPS) is 15.8. The summed E-state index contributed by atoms with van der Waals surface area (Å²) in [5.74, 6) is 0. The summed E-state index contributed by atoms with van der Waals surface area (Å²) in [6.45, 7) is 3.75. The molecule has 2 aromatic rings. The van der Waals surface area contributed by atoms with Crippen LogP contribution in [0.2, 0.25) is 0 Å². The van der Waals surface area contributed by atoms with Crippen LogP contribution in [0.5, 0.6) is 0 Å². The molecule has 1 aliphatic rings. The van der Waals surface area contributed by atoms with E-state index in [1.807, 2.05) is 21.7 Å². The van der Waals surface area contributed by atoms with Gasteiger partial charge in [-0.25, -0.2) is 4.79 Å². The van der Waals surface area contributed by atoms with Crippen LogP contribution < -0.4 is 5.32 Å². The maximum Gasteiger partial charge on any atom is 0.317 e. The second-order valence-electron chi connectivity index (χ2n) is 5.31. The smallest absolute Gasteiger partial charge is 0.317 e. The maximum absolute atomic E-state index is 12.2. The number of hydrogen-bond donors (Lipinski definition) is 1. The first kappa shape index (κ1) is 14.9. The Balaban J connectivity index is 1.63. The quantitative estimate of drug-likeness (QED) is 0.935. The van der Waals surface area contributed by atoms with Gasteiger partial charge >= 0.3 is 6.03 Å². The molecule has 0 saturated carbocycles. The number of nitrogens with zero attached hydrogens (tertiary/aromatic N) is 4. The molecule has 116 valence electrons. The van der Waals surface area contributed by atoms with Crippen LogP contribution in [0.25, 0.3) is 11.3 Å². The molecular formula is C15H19N5OS. The van der Waals surface area contributed by atoms with Crippen LogP contribution in [0.15, 0.2) is 29.2 Å². The lowest BCUT2D eigenvalue weighted by atomic mass is 10.2. The molecule has 0 aromatic carbocycles. The average Bonchev–Trinajstić information content (AvgIpc) is 3.08. The van der Waals surface area contributed by atoms with E-state index in [2.05, 4.69) is 27.2 Å². The molecule has 0 radical (unpaired) electrons. The summed E-state index contributed by atoms with van der Waals surface area (Å²) >= 11 is 1.62. The van der Waals surface area contributed by atoms with Gasteiger partial charge in [-0.05, 0) is 18.5 Å². The lowest BCUT2D eigenvalue weighted by Gasteiger charge is -2.32. The van der Waals surface area contributed by atoms with Crippen molar-refractivity contribution in [3.05, 3.63) is 34.9 Å². The third kappa shape index (κ3) is 3.42. The van der Waals surface area contributed by atoms with E-state index in [0.29, 0.717) is 6.54 Å². The van der Waals surface area contributed by atoms with E-state index < -0.39 is 0 Å². The number of carbonyl (C=O) groups excluding carboxylic acids is 1. The number of carbonyl (C=O) groups is 1. The molecule has 1 aliphatic heterocycles. The zero-order valence-corrected chi connectivity index (χ0v) is 13.3. The van der Waals surface area contributed by atoms with E-state index >= 15 is 0 Å². The number of urea groups is 1. The predicted octanol–water partition coefficient (Wildman–Crippen LogP) is 1.66. The minimum Gasteiger partial charge on any atom is -0.332 e. The minimum absolute atomic E-state index is 0.0324. The number of nitrogens with one attached hydrogen (secondary N) is 1. The van der Waals surface area contributed by atoms with Crippen LogP contribution in [0.3, 0.4) is 0 Å². The second-order valence-corrected chi connectivity index (χ2v) is 6.09. The molecule has 1 N–H and O–H groups in total. The van der Waals surface area contributed by atoms with Crippen LogP contribution in [-0.2, 0) is 6.54 Å². The van der Waals surface area contributed by atoms with Crippen molar-refractivity contribution < 1.29 is 4.79 Å². The number of likely N-dealkylation sites (N-methyl/N-ethyl adjacent to an activating group) is 1. The van der Waals surface area contributed by atoms with Crippen LogP contribution in [0, 0.1) is 0 Å². The average molecular weight is 317 g/mol. The monoisotopic (exact) mass is 317 g/mol. The topological polar surface area (TPSA) is 61.4 Å². The molecule has 22 heavy (non-hydrogen) atoms. The van der Waals surface area contributed by atoms with E-state index in [4.69, 9.17) is 0 Å². The third-order valence-corrected chi connectivity index (χ3v) is 4.45. The minimum atomic E-state index is -0.0324. The SMILES string of the molecule is CN1CCN(C(=O)NCc2nccnc2-c2ccsc2)CC1. The first-order valence-electron chi connectivity index (χ1n) is 7.28. The third-order valence-electron chi connectivity index (χ3n) is 3.77. The van der Waals surface area contributed by atoms with E-state index in [1.54, 1.807) is 23.7 Å². The van der Waals surface area contributed by atoms with Crippen LogP contribution in [0.4, 0.5) is 4.79 Å². The van der Waals surface area contributed by atoms with E-state index in [0.717, 1.165) is 43.1 Å². The Morgan fingerprint density at radius 1 is 1.27 bits per heavy atom. The van der Waals surface area contributed by atoms with Gasteiger partial charge in [-0.3, -0.25) is 9.97 Å². The van der Waals surface area contributed by atoms with Gasteiger partial charge in [0.2, 0.25) is 0 Å².